The summed E-state index contributed by atoms with van der Waals surface area (Å²) in [4.78, 5) is 27.6. The fourth-order valence-corrected chi connectivity index (χ4v) is 4.64. The smallest absolute Gasteiger partial charge is 0.268 e. The van der Waals surface area contributed by atoms with Crippen LogP contribution < -0.4 is 4.90 Å². The Morgan fingerprint density at radius 2 is 1.61 bits per heavy atom. The molecule has 0 radical (unpaired) electrons. The molecule has 4 rings (SSSR count). The van der Waals surface area contributed by atoms with Gasteiger partial charge in [-0.15, -0.1) is 11.8 Å². The van der Waals surface area contributed by atoms with E-state index in [4.69, 9.17) is 0 Å². The molecular weight excluding hydrogens is 416 g/mol. The topological polar surface area (TPSA) is 37.4 Å². The number of amides is 2. The molecule has 156 valence electrons. The molecule has 3 aromatic rings. The molecule has 0 saturated carbocycles. The molecule has 6 heteroatoms. The summed E-state index contributed by atoms with van der Waals surface area (Å²) in [6.07, 6.45) is 0. The van der Waals surface area contributed by atoms with E-state index in [1.54, 1.807) is 6.07 Å². The molecular formula is C25H19F2NO2S. The third kappa shape index (κ3) is 4.03. The van der Waals surface area contributed by atoms with Gasteiger partial charge in [0, 0.05) is 11.8 Å². The maximum atomic E-state index is 14.5. The monoisotopic (exact) mass is 435 g/mol. The minimum Gasteiger partial charge on any atom is -0.268 e. The van der Waals surface area contributed by atoms with Gasteiger partial charge < -0.3 is 0 Å². The van der Waals surface area contributed by atoms with Gasteiger partial charge in [-0.3, -0.25) is 9.59 Å². The number of aryl methyl sites for hydroxylation is 2. The van der Waals surface area contributed by atoms with Crippen LogP contribution in [0.25, 0.3) is 5.57 Å². The number of thioether (sulfide) groups is 1. The van der Waals surface area contributed by atoms with Crippen molar-refractivity contribution in [2.24, 2.45) is 0 Å². The van der Waals surface area contributed by atoms with Crippen LogP contribution in [0.15, 0.2) is 71.6 Å². The van der Waals surface area contributed by atoms with E-state index in [9.17, 15) is 18.4 Å². The fraction of sp³-hybridized carbons (Fsp3) is 0.120. The quantitative estimate of drug-likeness (QED) is 0.476. The highest BCUT2D eigenvalue weighted by Crippen LogP contribution is 2.41. The zero-order chi connectivity index (χ0) is 22.1. The van der Waals surface area contributed by atoms with Gasteiger partial charge in [0.05, 0.1) is 16.2 Å². The Labute approximate surface area is 183 Å². The van der Waals surface area contributed by atoms with Crippen LogP contribution in [0.5, 0.6) is 0 Å². The van der Waals surface area contributed by atoms with Gasteiger partial charge in [-0.2, -0.15) is 0 Å². The zero-order valence-corrected chi connectivity index (χ0v) is 17.8. The first-order chi connectivity index (χ1) is 14.9. The zero-order valence-electron chi connectivity index (χ0n) is 17.0. The Kier molecular flexibility index (Phi) is 5.74. The standard InChI is InChI=1S/C25H19F2NO2S/c1-15-8-10-19(16(2)12-15)22-23(31-14-17-6-4-3-5-7-17)25(30)28(24(22)29)21-13-18(26)9-11-20(21)27/h3-13H,14H2,1-2H3. The molecule has 3 nitrogen and oxygen atoms in total. The second kappa shape index (κ2) is 8.47. The Hall–Kier alpha value is -3.25. The lowest BCUT2D eigenvalue weighted by Gasteiger charge is -2.16. The van der Waals surface area contributed by atoms with Crippen molar-refractivity contribution in [1.29, 1.82) is 0 Å². The summed E-state index contributed by atoms with van der Waals surface area (Å²) in [6, 6.07) is 17.8. The molecule has 1 heterocycles. The number of carbonyl (C=O) groups is 2. The molecule has 0 atom stereocenters. The predicted octanol–water partition coefficient (Wildman–Crippen LogP) is 5.80. The van der Waals surface area contributed by atoms with Crippen molar-refractivity contribution < 1.29 is 18.4 Å². The number of hydrogen-bond acceptors (Lipinski definition) is 3. The van der Waals surface area contributed by atoms with Gasteiger partial charge in [-0.25, -0.2) is 13.7 Å². The summed E-state index contributed by atoms with van der Waals surface area (Å²) in [7, 11) is 0. The molecule has 3 aromatic carbocycles. The minimum absolute atomic E-state index is 0.215. The van der Waals surface area contributed by atoms with E-state index in [0.29, 0.717) is 11.3 Å². The maximum absolute atomic E-state index is 14.5. The van der Waals surface area contributed by atoms with Gasteiger partial charge in [-0.05, 0) is 42.7 Å². The molecule has 0 aromatic heterocycles. The van der Waals surface area contributed by atoms with Crippen LogP contribution in [0.4, 0.5) is 14.5 Å². The predicted molar refractivity (Wildman–Crippen MR) is 119 cm³/mol. The fourth-order valence-electron chi connectivity index (χ4n) is 3.58. The first-order valence-electron chi connectivity index (χ1n) is 9.69. The summed E-state index contributed by atoms with van der Waals surface area (Å²) in [5.41, 5.74) is 3.27. The van der Waals surface area contributed by atoms with Crippen LogP contribution in [0, 0.1) is 25.5 Å². The molecule has 31 heavy (non-hydrogen) atoms. The first kappa shape index (κ1) is 21.0. The van der Waals surface area contributed by atoms with Crippen LogP contribution in [0.3, 0.4) is 0 Å². The average Bonchev–Trinajstić information content (AvgIpc) is 2.98. The van der Waals surface area contributed by atoms with Crippen LogP contribution in [-0.4, -0.2) is 11.8 Å². The van der Waals surface area contributed by atoms with Gasteiger partial charge in [0.1, 0.15) is 11.6 Å². The molecule has 0 saturated heterocycles. The summed E-state index contributed by atoms with van der Waals surface area (Å²) in [6.45, 7) is 3.80. The van der Waals surface area contributed by atoms with Crippen LogP contribution >= 0.6 is 11.8 Å². The van der Waals surface area contributed by atoms with Crippen molar-refractivity contribution in [2.45, 2.75) is 19.6 Å². The van der Waals surface area contributed by atoms with E-state index in [0.717, 1.165) is 39.8 Å². The highest BCUT2D eigenvalue weighted by atomic mass is 32.2. The molecule has 1 aliphatic rings. The number of hydrogen-bond donors (Lipinski definition) is 0. The molecule has 1 aliphatic heterocycles. The molecule has 0 bridgehead atoms. The van der Waals surface area contributed by atoms with E-state index in [-0.39, 0.29) is 16.2 Å². The normalized spacial score (nSPS) is 14.0. The second-order valence-electron chi connectivity index (χ2n) is 7.34. The number of anilines is 1. The molecule has 0 aliphatic carbocycles. The number of benzene rings is 3. The molecule has 0 spiro atoms. The molecule has 2 amide bonds. The Balaban J connectivity index is 1.81. The third-order valence-corrected chi connectivity index (χ3v) is 6.21. The van der Waals surface area contributed by atoms with Crippen molar-refractivity contribution in [3.8, 4) is 0 Å². The van der Waals surface area contributed by atoms with Crippen molar-refractivity contribution in [2.75, 3.05) is 4.90 Å². The summed E-state index contributed by atoms with van der Waals surface area (Å²) >= 11 is 1.22. The number of halogens is 2. The number of imide groups is 1. The van der Waals surface area contributed by atoms with E-state index in [1.807, 2.05) is 56.3 Å². The van der Waals surface area contributed by atoms with Crippen LogP contribution in [-0.2, 0) is 15.3 Å². The first-order valence-corrected chi connectivity index (χ1v) is 10.7. The van der Waals surface area contributed by atoms with Gasteiger partial charge in [0.25, 0.3) is 11.8 Å². The van der Waals surface area contributed by atoms with Crippen LogP contribution in [0.2, 0.25) is 0 Å². The van der Waals surface area contributed by atoms with Crippen molar-refractivity contribution in [1.82, 2.24) is 0 Å². The van der Waals surface area contributed by atoms with Crippen molar-refractivity contribution in [3.05, 3.63) is 106 Å². The highest BCUT2D eigenvalue weighted by Gasteiger charge is 2.41. The lowest BCUT2D eigenvalue weighted by molar-refractivity contribution is -0.119. The molecule has 0 unspecified atom stereocenters. The Morgan fingerprint density at radius 3 is 2.32 bits per heavy atom. The van der Waals surface area contributed by atoms with Gasteiger partial charge >= 0.3 is 0 Å². The second-order valence-corrected chi connectivity index (χ2v) is 8.32. The summed E-state index contributed by atoms with van der Waals surface area (Å²) < 4.78 is 28.3. The SMILES string of the molecule is Cc1ccc(C2=C(SCc3ccccc3)C(=O)N(c3cc(F)ccc3F)C2=O)c(C)c1. The lowest BCUT2D eigenvalue weighted by Crippen LogP contribution is -2.32. The van der Waals surface area contributed by atoms with E-state index in [2.05, 4.69) is 0 Å². The molecule has 0 N–H and O–H groups in total. The van der Waals surface area contributed by atoms with Gasteiger partial charge in [-0.1, -0.05) is 54.1 Å². The maximum Gasteiger partial charge on any atom is 0.272 e. The number of carbonyl (C=O) groups excluding carboxylic acids is 2. The summed E-state index contributed by atoms with van der Waals surface area (Å²) in [5, 5.41) is 0. The van der Waals surface area contributed by atoms with Gasteiger partial charge in [0.2, 0.25) is 0 Å². The minimum atomic E-state index is -0.836. The molecule has 0 fully saturated rings. The van der Waals surface area contributed by atoms with Crippen molar-refractivity contribution >= 4 is 34.8 Å². The number of nitrogens with zero attached hydrogens (tertiary/aromatic N) is 1. The number of rotatable bonds is 5. The summed E-state index contributed by atoms with van der Waals surface area (Å²) in [5.74, 6) is -2.40. The van der Waals surface area contributed by atoms with E-state index < -0.39 is 23.4 Å². The van der Waals surface area contributed by atoms with Crippen molar-refractivity contribution in [3.63, 3.8) is 0 Å². The average molecular weight is 435 g/mol. The Bertz CT molecular complexity index is 1220. The third-order valence-electron chi connectivity index (χ3n) is 5.07. The largest absolute Gasteiger partial charge is 0.272 e. The lowest BCUT2D eigenvalue weighted by atomic mass is 9.99. The van der Waals surface area contributed by atoms with E-state index >= 15 is 0 Å². The Morgan fingerprint density at radius 1 is 0.871 bits per heavy atom. The van der Waals surface area contributed by atoms with E-state index in [1.165, 1.54) is 11.8 Å². The highest BCUT2D eigenvalue weighted by molar-refractivity contribution is 8.03. The van der Waals surface area contributed by atoms with Gasteiger partial charge in [0.15, 0.2) is 0 Å². The van der Waals surface area contributed by atoms with Crippen LogP contribution in [0.1, 0.15) is 22.3 Å².